The number of amides is 1. The molecule has 0 radical (unpaired) electrons. The number of aromatic amines is 1. The summed E-state index contributed by atoms with van der Waals surface area (Å²) >= 11 is 0. The number of nitrogens with zero attached hydrogens (tertiary/aromatic N) is 4. The fourth-order valence-electron chi connectivity index (χ4n) is 3.71. The fourth-order valence-corrected chi connectivity index (χ4v) is 3.71. The second-order valence-electron chi connectivity index (χ2n) is 7.20. The van der Waals surface area contributed by atoms with Gasteiger partial charge in [0.25, 0.3) is 0 Å². The van der Waals surface area contributed by atoms with E-state index in [4.69, 9.17) is 0 Å². The molecule has 4 rings (SSSR count). The van der Waals surface area contributed by atoms with Gasteiger partial charge >= 0.3 is 0 Å². The molecule has 0 saturated heterocycles. The zero-order valence-electron chi connectivity index (χ0n) is 15.7. The average Bonchev–Trinajstić information content (AvgIpc) is 3.37. The molecule has 0 spiro atoms. The Hall–Kier alpha value is -2.89. The number of hydrogen-bond donors (Lipinski definition) is 1. The number of fused-ring (bicyclic) bond motifs is 1. The summed E-state index contributed by atoms with van der Waals surface area (Å²) in [5.74, 6) is 0.152. The van der Waals surface area contributed by atoms with Crippen molar-refractivity contribution >= 4 is 5.91 Å². The predicted octanol–water partition coefficient (Wildman–Crippen LogP) is 3.07. The average molecular weight is 363 g/mol. The number of aromatic nitrogens is 4. The maximum atomic E-state index is 12.5. The summed E-state index contributed by atoms with van der Waals surface area (Å²) in [6.07, 6.45) is 9.53. The van der Waals surface area contributed by atoms with Crippen molar-refractivity contribution in [2.45, 2.75) is 45.1 Å². The number of carbonyl (C=O) groups excluding carboxylic acids is 1. The lowest BCUT2D eigenvalue weighted by Gasteiger charge is -2.18. The van der Waals surface area contributed by atoms with Gasteiger partial charge in [0.1, 0.15) is 0 Å². The van der Waals surface area contributed by atoms with Crippen molar-refractivity contribution in [1.29, 1.82) is 0 Å². The highest BCUT2D eigenvalue weighted by molar-refractivity contribution is 5.76. The smallest absolute Gasteiger partial charge is 0.223 e. The maximum absolute atomic E-state index is 12.5. The molecule has 27 heavy (non-hydrogen) atoms. The van der Waals surface area contributed by atoms with Crippen molar-refractivity contribution in [1.82, 2.24) is 24.9 Å². The maximum Gasteiger partial charge on any atom is 0.223 e. The molecular formula is C21H25N5O. The van der Waals surface area contributed by atoms with Crippen LogP contribution in [0.15, 0.2) is 42.7 Å². The first-order valence-corrected chi connectivity index (χ1v) is 9.58. The van der Waals surface area contributed by atoms with Crippen LogP contribution >= 0.6 is 0 Å². The van der Waals surface area contributed by atoms with E-state index >= 15 is 0 Å². The summed E-state index contributed by atoms with van der Waals surface area (Å²) in [6, 6.07) is 10.0. The van der Waals surface area contributed by atoms with Crippen LogP contribution < -0.4 is 0 Å². The van der Waals surface area contributed by atoms with E-state index in [1.54, 1.807) is 11.1 Å². The molecule has 1 N–H and O–H groups in total. The zero-order chi connectivity index (χ0) is 18.6. The molecule has 1 amide bonds. The largest absolute Gasteiger partial charge is 0.341 e. The molecule has 0 atom stereocenters. The number of hydrogen-bond acceptors (Lipinski definition) is 3. The Morgan fingerprint density at radius 2 is 2.04 bits per heavy atom. The summed E-state index contributed by atoms with van der Waals surface area (Å²) in [4.78, 5) is 14.3. The van der Waals surface area contributed by atoms with Gasteiger partial charge in [0.15, 0.2) is 0 Å². The molecule has 0 fully saturated rings. The Labute approximate surface area is 159 Å². The first kappa shape index (κ1) is 17.5. The molecule has 2 heterocycles. The Morgan fingerprint density at radius 3 is 2.81 bits per heavy atom. The van der Waals surface area contributed by atoms with Crippen LogP contribution in [-0.2, 0) is 30.6 Å². The van der Waals surface area contributed by atoms with Gasteiger partial charge in [-0.1, -0.05) is 12.1 Å². The third-order valence-corrected chi connectivity index (χ3v) is 5.27. The van der Waals surface area contributed by atoms with Crippen molar-refractivity contribution in [3.63, 3.8) is 0 Å². The molecule has 140 valence electrons. The van der Waals surface area contributed by atoms with Crippen molar-refractivity contribution in [2.75, 3.05) is 7.05 Å². The van der Waals surface area contributed by atoms with E-state index in [1.165, 1.54) is 24.1 Å². The van der Waals surface area contributed by atoms with Gasteiger partial charge in [-0.2, -0.15) is 10.2 Å². The second kappa shape index (κ2) is 7.78. The summed E-state index contributed by atoms with van der Waals surface area (Å²) in [5, 5.41) is 11.8. The van der Waals surface area contributed by atoms with E-state index in [-0.39, 0.29) is 5.91 Å². The van der Waals surface area contributed by atoms with Crippen molar-refractivity contribution in [2.24, 2.45) is 0 Å². The predicted molar refractivity (Wildman–Crippen MR) is 104 cm³/mol. The quantitative estimate of drug-likeness (QED) is 0.732. The second-order valence-corrected chi connectivity index (χ2v) is 7.20. The van der Waals surface area contributed by atoms with Gasteiger partial charge in [-0.3, -0.25) is 9.89 Å². The van der Waals surface area contributed by atoms with Crippen LogP contribution in [-0.4, -0.2) is 37.8 Å². The molecule has 2 aromatic heterocycles. The number of aryl methyl sites for hydroxylation is 2. The van der Waals surface area contributed by atoms with Gasteiger partial charge in [-0.25, -0.2) is 4.68 Å². The van der Waals surface area contributed by atoms with Gasteiger partial charge < -0.3 is 4.90 Å². The minimum atomic E-state index is 0.152. The number of rotatable bonds is 6. The minimum Gasteiger partial charge on any atom is -0.341 e. The van der Waals surface area contributed by atoms with Gasteiger partial charge in [-0.15, -0.1) is 0 Å². The Bertz CT molecular complexity index is 895. The van der Waals surface area contributed by atoms with Crippen molar-refractivity contribution in [3.8, 4) is 5.69 Å². The zero-order valence-corrected chi connectivity index (χ0v) is 15.7. The minimum absolute atomic E-state index is 0.152. The highest BCUT2D eigenvalue weighted by Gasteiger charge is 2.18. The highest BCUT2D eigenvalue weighted by atomic mass is 16.2. The summed E-state index contributed by atoms with van der Waals surface area (Å²) in [6.45, 7) is 0.608. The molecule has 1 aliphatic carbocycles. The van der Waals surface area contributed by atoms with Gasteiger partial charge in [0.2, 0.25) is 5.91 Å². The van der Waals surface area contributed by atoms with E-state index in [2.05, 4.69) is 15.3 Å². The van der Waals surface area contributed by atoms with Crippen LogP contribution in [0.25, 0.3) is 5.69 Å². The monoisotopic (exact) mass is 363 g/mol. The summed E-state index contributed by atoms with van der Waals surface area (Å²) < 4.78 is 1.82. The van der Waals surface area contributed by atoms with E-state index in [1.807, 2.05) is 48.3 Å². The van der Waals surface area contributed by atoms with Crippen molar-refractivity contribution < 1.29 is 4.79 Å². The summed E-state index contributed by atoms with van der Waals surface area (Å²) in [5.41, 5.74) is 5.83. The molecule has 0 aliphatic heterocycles. The fraction of sp³-hybridized carbons (Fsp3) is 0.381. The summed E-state index contributed by atoms with van der Waals surface area (Å²) in [7, 11) is 1.86. The van der Waals surface area contributed by atoms with Gasteiger partial charge in [-0.05, 0) is 55.0 Å². The Balaban J connectivity index is 1.32. The molecule has 0 bridgehead atoms. The third kappa shape index (κ3) is 3.94. The molecular weight excluding hydrogens is 338 g/mol. The number of carbonyl (C=O) groups is 1. The number of benzene rings is 1. The van der Waals surface area contributed by atoms with Crippen LogP contribution in [0.2, 0.25) is 0 Å². The topological polar surface area (TPSA) is 66.8 Å². The van der Waals surface area contributed by atoms with E-state index < -0.39 is 0 Å². The lowest BCUT2D eigenvalue weighted by molar-refractivity contribution is -0.130. The van der Waals surface area contributed by atoms with Crippen molar-refractivity contribution in [3.05, 3.63) is 65.2 Å². The molecule has 0 saturated carbocycles. The van der Waals surface area contributed by atoms with Gasteiger partial charge in [0, 0.05) is 44.5 Å². The number of nitrogens with one attached hydrogen (secondary N) is 1. The molecule has 6 heteroatoms. The van der Waals surface area contributed by atoms with E-state index in [0.717, 1.165) is 29.8 Å². The molecule has 6 nitrogen and oxygen atoms in total. The Morgan fingerprint density at radius 1 is 1.22 bits per heavy atom. The lowest BCUT2D eigenvalue weighted by atomic mass is 9.94. The first-order valence-electron chi connectivity index (χ1n) is 9.58. The van der Waals surface area contributed by atoms with Crippen LogP contribution in [0.4, 0.5) is 0 Å². The van der Waals surface area contributed by atoms with Crippen LogP contribution in [0.1, 0.15) is 41.8 Å². The molecule has 1 aliphatic rings. The van der Waals surface area contributed by atoms with E-state index in [0.29, 0.717) is 19.4 Å². The van der Waals surface area contributed by atoms with E-state index in [9.17, 15) is 4.79 Å². The highest BCUT2D eigenvalue weighted by Crippen LogP contribution is 2.23. The SMILES string of the molecule is CN(Cc1ccc(-n2cccn2)cc1)C(=O)CCc1n[nH]c2c1CCCC2. The number of H-pyrrole nitrogens is 1. The van der Waals surface area contributed by atoms with Crippen LogP contribution in [0.5, 0.6) is 0 Å². The van der Waals surface area contributed by atoms with Crippen LogP contribution in [0, 0.1) is 0 Å². The van der Waals surface area contributed by atoms with Gasteiger partial charge in [0.05, 0.1) is 11.4 Å². The first-order chi connectivity index (χ1) is 13.2. The normalized spacial score (nSPS) is 13.4. The molecule has 3 aromatic rings. The Kier molecular flexibility index (Phi) is 5.05. The molecule has 0 unspecified atom stereocenters. The van der Waals surface area contributed by atoms with Crippen LogP contribution in [0.3, 0.4) is 0 Å². The molecule has 1 aromatic carbocycles. The third-order valence-electron chi connectivity index (χ3n) is 5.27. The standard InChI is InChI=1S/C21H25N5O/c1-25(15-16-7-9-17(10-8-16)26-14-4-13-22-26)21(27)12-11-20-18-5-2-3-6-19(18)23-24-20/h4,7-10,13-14H,2-3,5-6,11-12,15H2,1H3,(H,23,24). The lowest BCUT2D eigenvalue weighted by Crippen LogP contribution is -2.26.